The molecule has 23 heavy (non-hydrogen) atoms. The number of likely N-dealkylation sites (tertiary alicyclic amines) is 1. The molecule has 0 radical (unpaired) electrons. The van der Waals surface area contributed by atoms with Gasteiger partial charge in [-0.05, 0) is 25.0 Å². The van der Waals surface area contributed by atoms with Gasteiger partial charge in [0.05, 0.1) is 0 Å². The topological polar surface area (TPSA) is 46.6 Å². The lowest BCUT2D eigenvalue weighted by Gasteiger charge is -2.30. The first-order valence-corrected chi connectivity index (χ1v) is 7.85. The maximum atomic E-state index is 12.4. The minimum atomic E-state index is -0.346. The Morgan fingerprint density at radius 2 is 1.43 bits per heavy atom. The van der Waals surface area contributed by atoms with Crippen molar-refractivity contribution in [3.63, 3.8) is 0 Å². The van der Waals surface area contributed by atoms with Gasteiger partial charge in [-0.25, -0.2) is 4.79 Å². The van der Waals surface area contributed by atoms with E-state index in [2.05, 4.69) is 0 Å². The van der Waals surface area contributed by atoms with Crippen LogP contribution in [0.2, 0.25) is 0 Å². The van der Waals surface area contributed by atoms with Crippen molar-refractivity contribution in [1.82, 2.24) is 4.90 Å². The number of ether oxygens (including phenoxy) is 1. The number of rotatable bonds is 3. The zero-order valence-electron chi connectivity index (χ0n) is 12.9. The zero-order chi connectivity index (χ0) is 16.1. The zero-order valence-corrected chi connectivity index (χ0v) is 12.9. The number of benzene rings is 2. The minimum absolute atomic E-state index is 0.0156. The van der Waals surface area contributed by atoms with Gasteiger partial charge in [-0.2, -0.15) is 0 Å². The molecule has 2 aromatic rings. The van der Waals surface area contributed by atoms with Crippen LogP contribution >= 0.6 is 0 Å². The van der Waals surface area contributed by atoms with Crippen LogP contribution in [0.25, 0.3) is 0 Å². The lowest BCUT2D eigenvalue weighted by molar-refractivity contribution is 0.0829. The highest BCUT2D eigenvalue weighted by Gasteiger charge is 2.28. The minimum Gasteiger partial charge on any atom is -0.410 e. The predicted molar refractivity (Wildman–Crippen MR) is 87.5 cm³/mol. The number of carbonyl (C=O) groups excluding carboxylic acids is 2. The lowest BCUT2D eigenvalue weighted by atomic mass is 9.89. The van der Waals surface area contributed by atoms with E-state index in [0.29, 0.717) is 31.7 Å². The van der Waals surface area contributed by atoms with Gasteiger partial charge in [0.2, 0.25) is 0 Å². The number of amides is 1. The average Bonchev–Trinajstić information content (AvgIpc) is 2.63. The summed E-state index contributed by atoms with van der Waals surface area (Å²) in [5.41, 5.74) is 0.748. The summed E-state index contributed by atoms with van der Waals surface area (Å²) in [4.78, 5) is 26.2. The van der Waals surface area contributed by atoms with Crippen LogP contribution in [-0.4, -0.2) is 29.9 Å². The molecule has 0 spiro atoms. The van der Waals surface area contributed by atoms with Gasteiger partial charge in [-0.3, -0.25) is 4.79 Å². The lowest BCUT2D eigenvalue weighted by Crippen LogP contribution is -2.41. The van der Waals surface area contributed by atoms with Crippen molar-refractivity contribution in [2.24, 2.45) is 5.92 Å². The van der Waals surface area contributed by atoms with E-state index < -0.39 is 0 Å². The van der Waals surface area contributed by atoms with Gasteiger partial charge in [0.25, 0.3) is 0 Å². The summed E-state index contributed by atoms with van der Waals surface area (Å²) in [6.07, 6.45) is 1.01. The second-order valence-corrected chi connectivity index (χ2v) is 5.67. The molecule has 1 aliphatic heterocycles. The van der Waals surface area contributed by atoms with Crippen LogP contribution in [0.5, 0.6) is 5.75 Å². The van der Waals surface area contributed by atoms with E-state index in [1.54, 1.807) is 17.0 Å². The van der Waals surface area contributed by atoms with Gasteiger partial charge >= 0.3 is 6.09 Å². The summed E-state index contributed by atoms with van der Waals surface area (Å²) in [6, 6.07) is 18.4. The fourth-order valence-corrected chi connectivity index (χ4v) is 2.82. The normalized spacial score (nSPS) is 15.2. The van der Waals surface area contributed by atoms with E-state index in [1.807, 2.05) is 48.5 Å². The van der Waals surface area contributed by atoms with Crippen molar-refractivity contribution in [2.75, 3.05) is 13.1 Å². The quantitative estimate of drug-likeness (QED) is 0.811. The fourth-order valence-electron chi connectivity index (χ4n) is 2.82. The summed E-state index contributed by atoms with van der Waals surface area (Å²) < 4.78 is 5.34. The van der Waals surface area contributed by atoms with E-state index in [4.69, 9.17) is 4.74 Å². The van der Waals surface area contributed by atoms with Crippen LogP contribution in [0.3, 0.4) is 0 Å². The van der Waals surface area contributed by atoms with Crippen molar-refractivity contribution < 1.29 is 14.3 Å². The van der Waals surface area contributed by atoms with Crippen molar-refractivity contribution in [3.05, 3.63) is 66.2 Å². The third-order valence-corrected chi connectivity index (χ3v) is 4.13. The first-order chi connectivity index (χ1) is 11.2. The maximum Gasteiger partial charge on any atom is 0.415 e. The van der Waals surface area contributed by atoms with Gasteiger partial charge in [-0.15, -0.1) is 0 Å². The molecular weight excluding hydrogens is 290 g/mol. The smallest absolute Gasteiger partial charge is 0.410 e. The Labute approximate surface area is 135 Å². The third-order valence-electron chi connectivity index (χ3n) is 4.13. The molecule has 0 saturated carbocycles. The molecule has 0 aliphatic carbocycles. The van der Waals surface area contributed by atoms with Crippen molar-refractivity contribution in [1.29, 1.82) is 0 Å². The molecule has 0 bridgehead atoms. The molecule has 0 aromatic heterocycles. The van der Waals surface area contributed by atoms with E-state index >= 15 is 0 Å². The van der Waals surface area contributed by atoms with Crippen LogP contribution in [-0.2, 0) is 0 Å². The van der Waals surface area contributed by atoms with Gasteiger partial charge in [0.1, 0.15) is 5.75 Å². The molecule has 0 N–H and O–H groups in total. The van der Waals surface area contributed by atoms with E-state index in [9.17, 15) is 9.59 Å². The Hall–Kier alpha value is -2.62. The van der Waals surface area contributed by atoms with Crippen LogP contribution in [0.15, 0.2) is 60.7 Å². The Bertz CT molecular complexity index is 662. The highest BCUT2D eigenvalue weighted by molar-refractivity contribution is 5.97. The Kier molecular flexibility index (Phi) is 4.71. The fraction of sp³-hybridized carbons (Fsp3) is 0.263. The number of para-hydroxylation sites is 1. The second-order valence-electron chi connectivity index (χ2n) is 5.67. The molecule has 118 valence electrons. The molecule has 0 unspecified atom stereocenters. The highest BCUT2D eigenvalue weighted by atomic mass is 16.6. The number of piperidine rings is 1. The third kappa shape index (κ3) is 3.77. The molecule has 1 fully saturated rings. The highest BCUT2D eigenvalue weighted by Crippen LogP contribution is 2.22. The van der Waals surface area contributed by atoms with Gasteiger partial charge < -0.3 is 9.64 Å². The second kappa shape index (κ2) is 7.09. The van der Waals surface area contributed by atoms with E-state index in [0.717, 1.165) is 5.56 Å². The maximum absolute atomic E-state index is 12.4. The summed E-state index contributed by atoms with van der Waals surface area (Å²) in [5.74, 6) is 0.694. The van der Waals surface area contributed by atoms with Crippen LogP contribution in [0.1, 0.15) is 23.2 Å². The van der Waals surface area contributed by atoms with E-state index in [1.165, 1.54) is 0 Å². The summed E-state index contributed by atoms with van der Waals surface area (Å²) in [6.45, 7) is 1.10. The molecule has 3 rings (SSSR count). The summed E-state index contributed by atoms with van der Waals surface area (Å²) >= 11 is 0. The van der Waals surface area contributed by atoms with Crippen LogP contribution < -0.4 is 4.74 Å². The van der Waals surface area contributed by atoms with Crippen molar-refractivity contribution in [2.45, 2.75) is 12.8 Å². The van der Waals surface area contributed by atoms with Crippen LogP contribution in [0.4, 0.5) is 4.79 Å². The summed E-state index contributed by atoms with van der Waals surface area (Å²) in [5, 5.41) is 0. The van der Waals surface area contributed by atoms with Crippen molar-refractivity contribution >= 4 is 11.9 Å². The Balaban J connectivity index is 1.54. The standard InChI is InChI=1S/C19H19NO3/c21-18(15-7-3-1-4-8-15)16-11-13-20(14-12-16)19(22)23-17-9-5-2-6-10-17/h1-10,16H,11-14H2. The molecule has 4 heteroatoms. The number of Topliss-reactive ketones (excluding diaryl/α,β-unsaturated/α-hetero) is 1. The number of nitrogens with zero attached hydrogens (tertiary/aromatic N) is 1. The Morgan fingerprint density at radius 1 is 0.870 bits per heavy atom. The van der Waals surface area contributed by atoms with Crippen molar-refractivity contribution in [3.8, 4) is 5.75 Å². The number of ketones is 1. The molecule has 4 nitrogen and oxygen atoms in total. The molecular formula is C19H19NO3. The predicted octanol–water partition coefficient (Wildman–Crippen LogP) is 3.78. The molecule has 1 amide bonds. The average molecular weight is 309 g/mol. The number of hydrogen-bond acceptors (Lipinski definition) is 3. The molecule has 1 heterocycles. The largest absolute Gasteiger partial charge is 0.415 e. The first kappa shape index (κ1) is 15.3. The first-order valence-electron chi connectivity index (χ1n) is 7.85. The Morgan fingerprint density at radius 3 is 2.04 bits per heavy atom. The van der Waals surface area contributed by atoms with Gasteiger partial charge in [0.15, 0.2) is 5.78 Å². The molecule has 1 aliphatic rings. The molecule has 0 atom stereocenters. The molecule has 2 aromatic carbocycles. The SMILES string of the molecule is O=C(c1ccccc1)C1CCN(C(=O)Oc2ccccc2)CC1. The van der Waals surface area contributed by atoms with Crippen LogP contribution in [0, 0.1) is 5.92 Å². The number of carbonyl (C=O) groups is 2. The van der Waals surface area contributed by atoms with Gasteiger partial charge in [0, 0.05) is 24.6 Å². The monoisotopic (exact) mass is 309 g/mol. The summed E-state index contributed by atoms with van der Waals surface area (Å²) in [7, 11) is 0. The molecule has 1 saturated heterocycles. The van der Waals surface area contributed by atoms with E-state index in [-0.39, 0.29) is 17.8 Å². The number of hydrogen-bond donors (Lipinski definition) is 0. The van der Waals surface area contributed by atoms with Gasteiger partial charge in [-0.1, -0.05) is 48.5 Å².